The minimum absolute atomic E-state index is 0. The monoisotopic (exact) mass is 1020 g/mol. The molecule has 242 valence electrons. The van der Waals surface area contributed by atoms with Crippen molar-refractivity contribution in [1.29, 1.82) is 0 Å². The number of pyridine rings is 1. The summed E-state index contributed by atoms with van der Waals surface area (Å²) in [5.41, 5.74) is 4.07. The SMILES string of the molecule is CSc1cc(Oc2[c-]c(-c3cc(-c4[c-]c(Oc5[c-]cccc5)ccc4)[c-]cn3)ccc2)[c-]c([N+]2=C=[N+](C)C=C2)c1.[C-]#Cn1cccc1.[Pt+2].[Pt+4]. The number of hydrogen-bond donors (Lipinski definition) is 0. The van der Waals surface area contributed by atoms with Crippen LogP contribution in [0.15, 0.2) is 127 Å². The van der Waals surface area contributed by atoms with Gasteiger partial charge in [-0.3, -0.25) is 11.1 Å². The van der Waals surface area contributed by atoms with E-state index in [1.54, 1.807) is 34.9 Å². The summed E-state index contributed by atoms with van der Waals surface area (Å²) in [6.45, 7) is 0. The number of nitrogens with zero attached hydrogens (tertiary/aromatic N) is 4. The van der Waals surface area contributed by atoms with Crippen LogP contribution < -0.4 is 9.47 Å². The molecule has 0 saturated heterocycles. The molecule has 0 atom stereocenters. The van der Waals surface area contributed by atoms with Gasteiger partial charge in [0, 0.05) is 35.4 Å². The molecule has 1 aliphatic rings. The van der Waals surface area contributed by atoms with Crippen LogP contribution in [0.3, 0.4) is 0 Å². The zero-order valence-electron chi connectivity index (χ0n) is 26.2. The van der Waals surface area contributed by atoms with Crippen LogP contribution in [0.2, 0.25) is 0 Å². The first-order chi connectivity index (χ1) is 23.1. The summed E-state index contributed by atoms with van der Waals surface area (Å²) >= 11 is 1.64. The van der Waals surface area contributed by atoms with Crippen LogP contribution in [0.4, 0.5) is 5.69 Å². The second-order valence-electron chi connectivity index (χ2n) is 9.98. The van der Waals surface area contributed by atoms with E-state index in [-0.39, 0.29) is 42.1 Å². The van der Waals surface area contributed by atoms with Crippen molar-refractivity contribution < 1.29 is 60.8 Å². The molecule has 0 saturated carbocycles. The first kappa shape index (κ1) is 37.1. The zero-order chi connectivity index (χ0) is 32.4. The Bertz CT molecular complexity index is 2150. The van der Waals surface area contributed by atoms with Crippen LogP contribution >= 0.6 is 11.8 Å². The van der Waals surface area contributed by atoms with Gasteiger partial charge in [0.05, 0.1) is 0 Å². The van der Waals surface area contributed by atoms with Gasteiger partial charge >= 0.3 is 48.1 Å². The predicted molar refractivity (Wildman–Crippen MR) is 181 cm³/mol. The smallest absolute Gasteiger partial charge is 0.669 e. The second-order valence-corrected chi connectivity index (χ2v) is 10.9. The van der Waals surface area contributed by atoms with E-state index in [0.29, 0.717) is 23.0 Å². The molecule has 0 aliphatic carbocycles. The third kappa shape index (κ3) is 10.2. The summed E-state index contributed by atoms with van der Waals surface area (Å²) < 4.78 is 17.4. The Morgan fingerprint density at radius 1 is 0.796 bits per heavy atom. The van der Waals surface area contributed by atoms with Gasteiger partial charge in [0.25, 0.3) is 6.20 Å². The van der Waals surface area contributed by atoms with Crippen LogP contribution in [0.5, 0.6) is 23.0 Å². The predicted octanol–water partition coefficient (Wildman–Crippen LogP) is 8.55. The molecular weight excluding hydrogens is 991 g/mol. The van der Waals surface area contributed by atoms with E-state index in [2.05, 4.69) is 53.4 Å². The van der Waals surface area contributed by atoms with Crippen molar-refractivity contribution in [3.8, 4) is 51.4 Å². The first-order valence-electron chi connectivity index (χ1n) is 14.5. The summed E-state index contributed by atoms with van der Waals surface area (Å²) in [6, 6.07) is 50.3. The third-order valence-electron chi connectivity index (χ3n) is 6.67. The maximum atomic E-state index is 6.57. The summed E-state index contributed by atoms with van der Waals surface area (Å²) in [5, 5.41) is 0. The van der Waals surface area contributed by atoms with Gasteiger partial charge in [-0.1, -0.05) is 44.1 Å². The molecule has 4 aromatic carbocycles. The maximum Gasteiger partial charge on any atom is 4.00 e. The molecule has 2 aromatic heterocycles. The van der Waals surface area contributed by atoms with Crippen LogP contribution in [-0.4, -0.2) is 38.0 Å². The fourth-order valence-electron chi connectivity index (χ4n) is 4.44. The van der Waals surface area contributed by atoms with Crippen LogP contribution in [0, 0.1) is 42.8 Å². The molecule has 6 nitrogen and oxygen atoms in total. The van der Waals surface area contributed by atoms with Crippen molar-refractivity contribution in [3.05, 3.63) is 159 Å². The Kier molecular flexibility index (Phi) is 13.8. The van der Waals surface area contributed by atoms with Crippen molar-refractivity contribution in [3.63, 3.8) is 0 Å². The Labute approximate surface area is 320 Å². The molecule has 0 radical (unpaired) electrons. The van der Waals surface area contributed by atoms with Crippen LogP contribution in [0.25, 0.3) is 22.4 Å². The van der Waals surface area contributed by atoms with Gasteiger partial charge in [-0.05, 0) is 18.4 Å². The van der Waals surface area contributed by atoms with Gasteiger partial charge in [-0.2, -0.15) is 42.1 Å². The topological polar surface area (TPSA) is 42.3 Å². The molecular formula is C40H26N4O2Pt2S+2. The Balaban J connectivity index is 0.000000537. The second kappa shape index (κ2) is 18.2. The Morgan fingerprint density at radius 3 is 2.16 bits per heavy atom. The summed E-state index contributed by atoms with van der Waals surface area (Å²) in [7, 11) is 1.93. The van der Waals surface area contributed by atoms with E-state index < -0.39 is 0 Å². The fraction of sp³-hybridized carbons (Fsp3) is 0.0500. The fourth-order valence-corrected chi connectivity index (χ4v) is 4.90. The maximum absolute atomic E-state index is 6.57. The quantitative estimate of drug-likeness (QED) is 0.0665. The largest absolute Gasteiger partial charge is 4.00 e. The number of benzene rings is 4. The number of hydrogen-bond acceptors (Lipinski definition) is 4. The van der Waals surface area contributed by atoms with Gasteiger partial charge in [0.1, 0.15) is 5.69 Å². The number of aromatic nitrogens is 2. The zero-order valence-corrected chi connectivity index (χ0v) is 31.6. The van der Waals surface area contributed by atoms with E-state index in [1.807, 2.05) is 120 Å². The Hall–Kier alpha value is -4.68. The van der Waals surface area contributed by atoms with E-state index in [1.165, 1.54) is 0 Å². The minimum Gasteiger partial charge on any atom is -0.669 e. The van der Waals surface area contributed by atoms with Gasteiger partial charge in [-0.15, -0.1) is 48.0 Å². The van der Waals surface area contributed by atoms with Crippen molar-refractivity contribution >= 4 is 23.5 Å². The molecule has 0 bridgehead atoms. The molecule has 49 heavy (non-hydrogen) atoms. The van der Waals surface area contributed by atoms with Crippen LogP contribution in [0.1, 0.15) is 0 Å². The van der Waals surface area contributed by atoms with Crippen molar-refractivity contribution in [2.24, 2.45) is 0 Å². The average molecular weight is 1020 g/mol. The van der Waals surface area contributed by atoms with Gasteiger partial charge in [-0.25, -0.2) is 24.2 Å². The third-order valence-corrected chi connectivity index (χ3v) is 7.37. The van der Waals surface area contributed by atoms with Gasteiger partial charge in [0.15, 0.2) is 7.05 Å². The van der Waals surface area contributed by atoms with Crippen molar-refractivity contribution in [1.82, 2.24) is 9.55 Å². The Morgan fingerprint density at radius 2 is 1.51 bits per heavy atom. The molecule has 0 fully saturated rings. The minimum atomic E-state index is 0. The summed E-state index contributed by atoms with van der Waals surface area (Å²) in [5.74, 6) is 2.40. The molecule has 6 aromatic rings. The molecule has 0 amide bonds. The van der Waals surface area contributed by atoms with Crippen molar-refractivity contribution in [2.75, 3.05) is 13.3 Å². The molecule has 0 unspecified atom stereocenters. The first-order valence-corrected chi connectivity index (χ1v) is 15.7. The summed E-state index contributed by atoms with van der Waals surface area (Å²) in [4.78, 5) is 5.60. The summed E-state index contributed by atoms with van der Waals surface area (Å²) in [6.07, 6.45) is 17.6. The number of para-hydroxylation sites is 1. The van der Waals surface area contributed by atoms with Crippen molar-refractivity contribution in [2.45, 2.75) is 4.90 Å². The van der Waals surface area contributed by atoms with E-state index in [4.69, 9.17) is 15.9 Å². The molecule has 7 rings (SSSR count). The normalized spacial score (nSPS) is 11.0. The standard InChI is InChI=1S/C34H22N3O2S.C6H4N.2Pt/c1-36-16-17-37(24-36)28-21-32(23-33(22-28)40-2)39-31-13-7-9-27(19-31)34-20-26(14-15-35-34)25-8-6-12-30(18-25)38-29-10-4-3-5-11-29;1-2-7-5-3-4-6-7;;/h3-10,12-13,15-17,20,22-23H,1-2H3;3-6H;;/q-3;-1;+2;+4. The molecule has 0 N–H and O–H groups in total. The average Bonchev–Trinajstić information content (AvgIpc) is 3.81. The molecule has 3 heterocycles. The van der Waals surface area contributed by atoms with E-state index in [0.717, 1.165) is 33.0 Å². The van der Waals surface area contributed by atoms with Gasteiger partial charge in [0.2, 0.25) is 6.20 Å². The molecule has 9 heteroatoms. The number of rotatable bonds is 8. The molecule has 1 aliphatic heterocycles. The van der Waals surface area contributed by atoms with E-state index in [9.17, 15) is 0 Å². The van der Waals surface area contributed by atoms with E-state index >= 15 is 0 Å². The molecule has 0 spiro atoms. The number of ether oxygens (including phenoxy) is 2. The number of thioether (sulfide) groups is 1. The van der Waals surface area contributed by atoms with Gasteiger partial charge < -0.3 is 25.4 Å². The van der Waals surface area contributed by atoms with Crippen LogP contribution in [-0.2, 0) is 42.1 Å².